The fourth-order valence-electron chi connectivity index (χ4n) is 2.22. The van der Waals surface area contributed by atoms with E-state index in [2.05, 4.69) is 53.2 Å². The van der Waals surface area contributed by atoms with Gasteiger partial charge in [0.1, 0.15) is 16.1 Å². The van der Waals surface area contributed by atoms with Gasteiger partial charge in [0.05, 0.1) is 12.8 Å². The van der Waals surface area contributed by atoms with Gasteiger partial charge in [-0.3, -0.25) is 0 Å². The third kappa shape index (κ3) is 3.66. The lowest BCUT2D eigenvalue weighted by atomic mass is 10.1. The molecule has 0 spiro atoms. The Labute approximate surface area is 148 Å². The first-order valence-corrected chi connectivity index (χ1v) is 8.46. The number of alkyl carbamates (subject to hydrolysis) is 1. The molecule has 1 aliphatic rings. The van der Waals surface area contributed by atoms with Gasteiger partial charge in [0, 0.05) is 24.7 Å². The molecule has 0 bridgehead atoms. The molecule has 1 saturated carbocycles. The number of imidazole rings is 1. The lowest BCUT2D eigenvalue weighted by Gasteiger charge is -2.06. The molecule has 128 valence electrons. The standard InChI is InChI=1S/C15H19BrN6O2/c1-15(4-5-15)12-21-10(11(16)22-12)9-3-6-17-13(20-9)18-7-8-19-14(23)24-2/h3,6H,4-5,7-8H2,1-2H3,(H,19,23)(H,21,22)(H,17,18,20). The summed E-state index contributed by atoms with van der Waals surface area (Å²) in [5.74, 6) is 1.47. The summed E-state index contributed by atoms with van der Waals surface area (Å²) in [4.78, 5) is 27.6. The molecule has 0 atom stereocenters. The fourth-order valence-corrected chi connectivity index (χ4v) is 2.70. The normalized spacial score (nSPS) is 15.0. The highest BCUT2D eigenvalue weighted by Crippen LogP contribution is 2.47. The molecular formula is C15H19BrN6O2. The Balaban J connectivity index is 1.67. The van der Waals surface area contributed by atoms with Crippen molar-refractivity contribution >= 4 is 28.0 Å². The second-order valence-corrected chi connectivity index (χ2v) is 6.71. The summed E-state index contributed by atoms with van der Waals surface area (Å²) in [5.41, 5.74) is 1.66. The van der Waals surface area contributed by atoms with Gasteiger partial charge in [-0.25, -0.2) is 19.7 Å². The molecule has 1 aliphatic carbocycles. The van der Waals surface area contributed by atoms with E-state index in [1.165, 1.54) is 7.11 Å². The number of carbonyl (C=O) groups excluding carboxylic acids is 1. The number of carbonyl (C=O) groups is 1. The number of amides is 1. The molecular weight excluding hydrogens is 376 g/mol. The monoisotopic (exact) mass is 394 g/mol. The van der Waals surface area contributed by atoms with Crippen LogP contribution in [0.4, 0.5) is 10.7 Å². The minimum absolute atomic E-state index is 0.161. The Morgan fingerprint density at radius 3 is 2.92 bits per heavy atom. The maximum atomic E-state index is 11.0. The van der Waals surface area contributed by atoms with E-state index in [-0.39, 0.29) is 5.41 Å². The summed E-state index contributed by atoms with van der Waals surface area (Å²) < 4.78 is 5.32. The van der Waals surface area contributed by atoms with Crippen molar-refractivity contribution in [1.29, 1.82) is 0 Å². The zero-order chi connectivity index (χ0) is 17.2. The van der Waals surface area contributed by atoms with Crippen LogP contribution in [0.15, 0.2) is 16.9 Å². The predicted octanol–water partition coefficient (Wildman–Crippen LogP) is 2.45. The Morgan fingerprint density at radius 2 is 2.21 bits per heavy atom. The summed E-state index contributed by atoms with van der Waals surface area (Å²) in [6, 6.07) is 1.82. The number of anilines is 1. The summed E-state index contributed by atoms with van der Waals surface area (Å²) in [5, 5.41) is 5.64. The molecule has 8 nitrogen and oxygen atoms in total. The van der Waals surface area contributed by atoms with Gasteiger partial charge in [-0.2, -0.15) is 0 Å². The number of H-pyrrole nitrogens is 1. The van der Waals surface area contributed by atoms with Crippen LogP contribution in [0.3, 0.4) is 0 Å². The fraction of sp³-hybridized carbons (Fsp3) is 0.467. The average molecular weight is 395 g/mol. The third-order valence-corrected chi connectivity index (χ3v) is 4.57. The van der Waals surface area contributed by atoms with Gasteiger partial charge in [-0.1, -0.05) is 6.92 Å². The number of nitrogens with one attached hydrogen (secondary N) is 3. The Bertz CT molecular complexity index is 743. The van der Waals surface area contributed by atoms with E-state index >= 15 is 0 Å². The molecule has 1 amide bonds. The summed E-state index contributed by atoms with van der Waals surface area (Å²) in [6.45, 7) is 3.10. The van der Waals surface area contributed by atoms with E-state index in [0.29, 0.717) is 19.0 Å². The van der Waals surface area contributed by atoms with Crippen LogP contribution in [0.1, 0.15) is 25.6 Å². The summed E-state index contributed by atoms with van der Waals surface area (Å²) >= 11 is 3.53. The van der Waals surface area contributed by atoms with Gasteiger partial charge in [0.25, 0.3) is 0 Å². The van der Waals surface area contributed by atoms with Crippen molar-refractivity contribution in [1.82, 2.24) is 25.3 Å². The van der Waals surface area contributed by atoms with Crippen molar-refractivity contribution in [2.24, 2.45) is 0 Å². The van der Waals surface area contributed by atoms with Gasteiger partial charge in [-0.05, 0) is 34.8 Å². The van der Waals surface area contributed by atoms with Crippen LogP contribution in [0, 0.1) is 0 Å². The molecule has 3 rings (SSSR count). The first-order chi connectivity index (χ1) is 11.5. The molecule has 9 heteroatoms. The number of aromatic nitrogens is 4. The van der Waals surface area contributed by atoms with Crippen molar-refractivity contribution in [3.8, 4) is 11.4 Å². The highest BCUT2D eigenvalue weighted by Gasteiger charge is 2.42. The van der Waals surface area contributed by atoms with Crippen LogP contribution in [-0.4, -0.2) is 46.2 Å². The van der Waals surface area contributed by atoms with Gasteiger partial charge in [-0.15, -0.1) is 0 Å². The molecule has 0 radical (unpaired) electrons. The third-order valence-electron chi connectivity index (χ3n) is 3.99. The summed E-state index contributed by atoms with van der Waals surface area (Å²) in [6.07, 6.45) is 3.51. The lowest BCUT2D eigenvalue weighted by Crippen LogP contribution is -2.28. The number of methoxy groups -OCH3 is 1. The average Bonchev–Trinajstić information content (AvgIpc) is 3.21. The molecule has 1 fully saturated rings. The number of aromatic amines is 1. The highest BCUT2D eigenvalue weighted by atomic mass is 79.9. The Hall–Kier alpha value is -2.16. The van der Waals surface area contributed by atoms with E-state index < -0.39 is 6.09 Å². The zero-order valence-electron chi connectivity index (χ0n) is 13.5. The van der Waals surface area contributed by atoms with Crippen molar-refractivity contribution < 1.29 is 9.53 Å². The molecule has 0 saturated heterocycles. The van der Waals surface area contributed by atoms with Crippen LogP contribution in [0.5, 0.6) is 0 Å². The minimum Gasteiger partial charge on any atom is -0.453 e. The SMILES string of the molecule is COC(=O)NCCNc1nccc(-c2nc(C3(C)CC3)[nH]c2Br)n1. The molecule has 0 unspecified atom stereocenters. The van der Waals surface area contributed by atoms with Gasteiger partial charge >= 0.3 is 6.09 Å². The van der Waals surface area contributed by atoms with Crippen LogP contribution in [0.25, 0.3) is 11.4 Å². The number of ether oxygens (including phenoxy) is 1. The Morgan fingerprint density at radius 1 is 1.42 bits per heavy atom. The maximum Gasteiger partial charge on any atom is 0.406 e. The molecule has 0 aromatic carbocycles. The number of hydrogen-bond acceptors (Lipinski definition) is 6. The van der Waals surface area contributed by atoms with Gasteiger partial charge in [0.15, 0.2) is 0 Å². The smallest absolute Gasteiger partial charge is 0.406 e. The number of halogens is 1. The van der Waals surface area contributed by atoms with Crippen LogP contribution < -0.4 is 10.6 Å². The van der Waals surface area contributed by atoms with E-state index in [4.69, 9.17) is 4.98 Å². The van der Waals surface area contributed by atoms with E-state index in [1.54, 1.807) is 6.20 Å². The molecule has 0 aliphatic heterocycles. The highest BCUT2D eigenvalue weighted by molar-refractivity contribution is 9.10. The summed E-state index contributed by atoms with van der Waals surface area (Å²) in [7, 11) is 1.33. The second kappa shape index (κ2) is 6.76. The topological polar surface area (TPSA) is 105 Å². The van der Waals surface area contributed by atoms with E-state index in [0.717, 1.165) is 34.7 Å². The molecule has 2 aromatic rings. The van der Waals surface area contributed by atoms with E-state index in [1.807, 2.05) is 6.07 Å². The zero-order valence-corrected chi connectivity index (χ0v) is 15.1. The molecule has 24 heavy (non-hydrogen) atoms. The Kier molecular flexibility index (Phi) is 4.70. The number of hydrogen-bond donors (Lipinski definition) is 3. The first kappa shape index (κ1) is 16.7. The number of rotatable bonds is 6. The lowest BCUT2D eigenvalue weighted by molar-refractivity contribution is 0.171. The quantitative estimate of drug-likeness (QED) is 0.649. The molecule has 3 N–H and O–H groups in total. The van der Waals surface area contributed by atoms with Crippen molar-refractivity contribution in [2.75, 3.05) is 25.5 Å². The van der Waals surface area contributed by atoms with Crippen molar-refractivity contribution in [3.05, 3.63) is 22.7 Å². The minimum atomic E-state index is -0.465. The van der Waals surface area contributed by atoms with Crippen molar-refractivity contribution in [3.63, 3.8) is 0 Å². The van der Waals surface area contributed by atoms with Crippen LogP contribution in [-0.2, 0) is 10.2 Å². The first-order valence-electron chi connectivity index (χ1n) is 7.67. The maximum absolute atomic E-state index is 11.0. The van der Waals surface area contributed by atoms with Gasteiger partial charge in [0.2, 0.25) is 5.95 Å². The second-order valence-electron chi connectivity index (χ2n) is 5.92. The van der Waals surface area contributed by atoms with Crippen LogP contribution in [0.2, 0.25) is 0 Å². The molecule has 2 aromatic heterocycles. The largest absolute Gasteiger partial charge is 0.453 e. The van der Waals surface area contributed by atoms with Crippen molar-refractivity contribution in [2.45, 2.75) is 25.2 Å². The van der Waals surface area contributed by atoms with E-state index in [9.17, 15) is 4.79 Å². The number of nitrogens with zero attached hydrogens (tertiary/aromatic N) is 3. The predicted molar refractivity (Wildman–Crippen MR) is 92.8 cm³/mol. The van der Waals surface area contributed by atoms with Crippen LogP contribution >= 0.6 is 15.9 Å². The van der Waals surface area contributed by atoms with Gasteiger partial charge < -0.3 is 20.4 Å². The molecule has 2 heterocycles.